The fraction of sp³-hybridized carbons (Fsp3) is 0.500. The van der Waals surface area contributed by atoms with Gasteiger partial charge in [0.25, 0.3) is 0 Å². The molecule has 0 fully saturated rings. The Labute approximate surface area is 126 Å². The summed E-state index contributed by atoms with van der Waals surface area (Å²) in [6, 6.07) is 7.21. The van der Waals surface area contributed by atoms with E-state index in [0.717, 1.165) is 11.4 Å². The van der Waals surface area contributed by atoms with Crippen molar-refractivity contribution in [1.29, 1.82) is 0 Å². The standard InChI is InChI=1S/C14H22N2O3.ClH/c1-14(2,10-15)13(17)16-11-4-6-12(7-5-11)19-9-8-18-3;/h4-7H,8-10,15H2,1-3H3,(H,16,17);1H. The van der Waals surface area contributed by atoms with Gasteiger partial charge < -0.3 is 20.5 Å². The zero-order valence-corrected chi connectivity index (χ0v) is 13.0. The van der Waals surface area contributed by atoms with Gasteiger partial charge in [0.1, 0.15) is 12.4 Å². The molecule has 1 rings (SSSR count). The monoisotopic (exact) mass is 302 g/mol. The molecule has 0 aliphatic heterocycles. The topological polar surface area (TPSA) is 73.6 Å². The third kappa shape index (κ3) is 5.77. The van der Waals surface area contributed by atoms with Gasteiger partial charge in [-0.15, -0.1) is 12.4 Å². The average Bonchev–Trinajstić information content (AvgIpc) is 2.41. The Hall–Kier alpha value is -1.30. The van der Waals surface area contributed by atoms with Crippen LogP contribution in [0.4, 0.5) is 5.69 Å². The summed E-state index contributed by atoms with van der Waals surface area (Å²) in [5.41, 5.74) is 5.71. The lowest BCUT2D eigenvalue weighted by Crippen LogP contribution is -2.37. The number of carbonyl (C=O) groups excluding carboxylic acids is 1. The smallest absolute Gasteiger partial charge is 0.231 e. The number of hydrogen-bond donors (Lipinski definition) is 2. The molecule has 5 nitrogen and oxygen atoms in total. The van der Waals surface area contributed by atoms with Crippen molar-refractivity contribution < 1.29 is 14.3 Å². The summed E-state index contributed by atoms with van der Waals surface area (Å²) in [5.74, 6) is 0.649. The van der Waals surface area contributed by atoms with Crippen molar-refractivity contribution >= 4 is 24.0 Å². The summed E-state index contributed by atoms with van der Waals surface area (Å²) in [4.78, 5) is 11.9. The summed E-state index contributed by atoms with van der Waals surface area (Å²) < 4.78 is 10.3. The number of benzene rings is 1. The SMILES string of the molecule is COCCOc1ccc(NC(=O)C(C)(C)CN)cc1.Cl. The molecule has 20 heavy (non-hydrogen) atoms. The van der Waals surface area contributed by atoms with Crippen LogP contribution in [0.2, 0.25) is 0 Å². The normalized spacial score (nSPS) is 10.6. The first-order valence-electron chi connectivity index (χ1n) is 6.23. The highest BCUT2D eigenvalue weighted by Crippen LogP contribution is 2.19. The zero-order valence-electron chi connectivity index (χ0n) is 12.1. The van der Waals surface area contributed by atoms with Gasteiger partial charge in [0.2, 0.25) is 5.91 Å². The third-order valence-corrected chi connectivity index (χ3v) is 2.79. The van der Waals surface area contributed by atoms with Gasteiger partial charge in [-0.05, 0) is 38.1 Å². The minimum atomic E-state index is -0.576. The van der Waals surface area contributed by atoms with Crippen LogP contribution in [0.15, 0.2) is 24.3 Å². The maximum absolute atomic E-state index is 11.9. The van der Waals surface area contributed by atoms with Gasteiger partial charge in [-0.25, -0.2) is 0 Å². The van der Waals surface area contributed by atoms with E-state index in [1.54, 1.807) is 31.4 Å². The van der Waals surface area contributed by atoms with Gasteiger partial charge in [0.15, 0.2) is 0 Å². The van der Waals surface area contributed by atoms with Crippen LogP contribution >= 0.6 is 12.4 Å². The highest BCUT2D eigenvalue weighted by molar-refractivity contribution is 5.95. The van der Waals surface area contributed by atoms with E-state index in [1.807, 2.05) is 13.8 Å². The molecule has 0 spiro atoms. The van der Waals surface area contributed by atoms with Crippen LogP contribution in [0.3, 0.4) is 0 Å². The third-order valence-electron chi connectivity index (χ3n) is 2.79. The van der Waals surface area contributed by atoms with Gasteiger partial charge in [0, 0.05) is 19.3 Å². The molecule has 0 bridgehead atoms. The molecular weight excluding hydrogens is 280 g/mol. The van der Waals surface area contributed by atoms with Crippen molar-refractivity contribution in [2.45, 2.75) is 13.8 Å². The van der Waals surface area contributed by atoms with Crippen molar-refractivity contribution in [3.05, 3.63) is 24.3 Å². The van der Waals surface area contributed by atoms with Crippen molar-refractivity contribution in [2.75, 3.05) is 32.2 Å². The number of ether oxygens (including phenoxy) is 2. The molecule has 0 aliphatic rings. The van der Waals surface area contributed by atoms with Gasteiger partial charge in [-0.3, -0.25) is 4.79 Å². The lowest BCUT2D eigenvalue weighted by molar-refractivity contribution is -0.123. The van der Waals surface area contributed by atoms with Gasteiger partial charge in [-0.1, -0.05) is 0 Å². The van der Waals surface area contributed by atoms with Crippen LogP contribution < -0.4 is 15.8 Å². The number of amides is 1. The van der Waals surface area contributed by atoms with E-state index >= 15 is 0 Å². The molecular formula is C14H23ClN2O3. The number of rotatable bonds is 7. The molecule has 3 N–H and O–H groups in total. The number of anilines is 1. The van der Waals surface area contributed by atoms with Crippen LogP contribution in [0, 0.1) is 5.41 Å². The molecule has 0 unspecified atom stereocenters. The molecule has 0 aliphatic carbocycles. The maximum atomic E-state index is 11.9. The minimum Gasteiger partial charge on any atom is -0.491 e. The van der Waals surface area contributed by atoms with E-state index in [0.29, 0.717) is 19.8 Å². The van der Waals surface area contributed by atoms with Crippen molar-refractivity contribution in [3.63, 3.8) is 0 Å². The Morgan fingerprint density at radius 2 is 1.85 bits per heavy atom. The summed E-state index contributed by atoms with van der Waals surface area (Å²) in [6.07, 6.45) is 0. The van der Waals surface area contributed by atoms with E-state index in [2.05, 4.69) is 5.32 Å². The van der Waals surface area contributed by atoms with Crippen molar-refractivity contribution in [3.8, 4) is 5.75 Å². The molecule has 6 heteroatoms. The first-order chi connectivity index (χ1) is 8.99. The van der Waals surface area contributed by atoms with E-state index in [1.165, 1.54) is 0 Å². The first kappa shape index (κ1) is 18.7. The summed E-state index contributed by atoms with van der Waals surface area (Å²) in [6.45, 7) is 4.97. The summed E-state index contributed by atoms with van der Waals surface area (Å²) in [7, 11) is 1.63. The number of hydrogen-bond acceptors (Lipinski definition) is 4. The molecule has 0 atom stereocenters. The predicted molar refractivity (Wildman–Crippen MR) is 82.5 cm³/mol. The van der Waals surface area contributed by atoms with E-state index in [4.69, 9.17) is 15.2 Å². The van der Waals surface area contributed by atoms with Crippen molar-refractivity contribution in [2.24, 2.45) is 11.1 Å². The predicted octanol–water partition coefficient (Wildman–Crippen LogP) is 2.06. The summed E-state index contributed by atoms with van der Waals surface area (Å²) in [5, 5.41) is 2.83. The number of methoxy groups -OCH3 is 1. The second-order valence-corrected chi connectivity index (χ2v) is 4.91. The molecule has 1 aromatic rings. The Balaban J connectivity index is 0.00000361. The molecule has 0 heterocycles. The summed E-state index contributed by atoms with van der Waals surface area (Å²) >= 11 is 0. The van der Waals surface area contributed by atoms with Crippen LogP contribution in [0.25, 0.3) is 0 Å². The Morgan fingerprint density at radius 3 is 2.35 bits per heavy atom. The fourth-order valence-corrected chi connectivity index (χ4v) is 1.27. The van der Waals surface area contributed by atoms with Gasteiger partial charge in [0.05, 0.1) is 12.0 Å². The second kappa shape index (κ2) is 8.79. The van der Waals surface area contributed by atoms with Gasteiger partial charge in [-0.2, -0.15) is 0 Å². The van der Waals surface area contributed by atoms with Crippen LogP contribution in [-0.4, -0.2) is 32.8 Å². The van der Waals surface area contributed by atoms with Gasteiger partial charge >= 0.3 is 0 Å². The van der Waals surface area contributed by atoms with E-state index in [9.17, 15) is 4.79 Å². The largest absolute Gasteiger partial charge is 0.491 e. The average molecular weight is 303 g/mol. The molecule has 1 amide bonds. The maximum Gasteiger partial charge on any atom is 0.231 e. The molecule has 0 saturated carbocycles. The second-order valence-electron chi connectivity index (χ2n) is 4.91. The number of halogens is 1. The molecule has 0 aromatic heterocycles. The molecule has 1 aromatic carbocycles. The van der Waals surface area contributed by atoms with Crippen molar-refractivity contribution in [1.82, 2.24) is 0 Å². The quantitative estimate of drug-likeness (QED) is 0.756. The molecule has 0 radical (unpaired) electrons. The number of carbonyl (C=O) groups is 1. The number of nitrogens with two attached hydrogens (primary N) is 1. The first-order valence-corrected chi connectivity index (χ1v) is 6.23. The highest BCUT2D eigenvalue weighted by Gasteiger charge is 2.25. The lowest BCUT2D eigenvalue weighted by atomic mass is 9.92. The van der Waals surface area contributed by atoms with Crippen LogP contribution in [0.5, 0.6) is 5.75 Å². The van der Waals surface area contributed by atoms with Crippen LogP contribution in [0.1, 0.15) is 13.8 Å². The minimum absolute atomic E-state index is 0. The van der Waals surface area contributed by atoms with Crippen LogP contribution in [-0.2, 0) is 9.53 Å². The Kier molecular flexibility index (Phi) is 8.22. The number of nitrogens with one attached hydrogen (secondary N) is 1. The molecule has 0 saturated heterocycles. The molecule has 114 valence electrons. The lowest BCUT2D eigenvalue weighted by Gasteiger charge is -2.21. The highest BCUT2D eigenvalue weighted by atomic mass is 35.5. The Morgan fingerprint density at radius 1 is 1.25 bits per heavy atom. The zero-order chi connectivity index (χ0) is 14.3. The Bertz CT molecular complexity index is 407. The fourth-order valence-electron chi connectivity index (χ4n) is 1.27. The van der Waals surface area contributed by atoms with E-state index < -0.39 is 5.41 Å². The van der Waals surface area contributed by atoms with E-state index in [-0.39, 0.29) is 18.3 Å².